The monoisotopic (exact) mass is 213 g/mol. The van der Waals surface area contributed by atoms with Gasteiger partial charge in [-0.3, -0.25) is 4.98 Å². The quantitative estimate of drug-likeness (QED) is 0.727. The Kier molecular flexibility index (Phi) is 2.95. The van der Waals surface area contributed by atoms with Crippen LogP contribution < -0.4 is 0 Å². The van der Waals surface area contributed by atoms with Gasteiger partial charge in [-0.1, -0.05) is 32.9 Å². The van der Waals surface area contributed by atoms with Crippen LogP contribution in [-0.2, 0) is 6.42 Å². The molecular weight excluding hydrogens is 194 g/mol. The van der Waals surface area contributed by atoms with Gasteiger partial charge in [0, 0.05) is 11.1 Å². The molecular formula is C15H19N. The summed E-state index contributed by atoms with van der Waals surface area (Å²) in [4.78, 5) is 4.69. The molecule has 0 spiro atoms. The SMILES string of the molecule is CCc1ccc2cc(C(C)C)cc(C)c2n1. The molecule has 2 rings (SSSR count). The molecule has 0 saturated heterocycles. The zero-order chi connectivity index (χ0) is 11.7. The van der Waals surface area contributed by atoms with Gasteiger partial charge >= 0.3 is 0 Å². The number of rotatable bonds is 2. The fourth-order valence-corrected chi connectivity index (χ4v) is 2.01. The molecule has 0 unspecified atom stereocenters. The Morgan fingerprint density at radius 3 is 2.56 bits per heavy atom. The van der Waals surface area contributed by atoms with Crippen LogP contribution in [0.5, 0.6) is 0 Å². The molecule has 0 aliphatic rings. The van der Waals surface area contributed by atoms with Crippen LogP contribution in [0, 0.1) is 6.92 Å². The summed E-state index contributed by atoms with van der Waals surface area (Å²) in [5.74, 6) is 0.578. The number of fused-ring (bicyclic) bond motifs is 1. The Balaban J connectivity index is 2.66. The first-order valence-electron chi connectivity index (χ1n) is 6.02. The molecule has 1 aromatic heterocycles. The first-order chi connectivity index (χ1) is 7.61. The van der Waals surface area contributed by atoms with Gasteiger partial charge in [-0.05, 0) is 42.5 Å². The van der Waals surface area contributed by atoms with Crippen molar-refractivity contribution in [3.8, 4) is 0 Å². The third-order valence-electron chi connectivity index (χ3n) is 3.09. The van der Waals surface area contributed by atoms with Gasteiger partial charge in [-0.2, -0.15) is 0 Å². The summed E-state index contributed by atoms with van der Waals surface area (Å²) in [5.41, 5.74) is 5.02. The Hall–Kier alpha value is -1.37. The summed E-state index contributed by atoms with van der Waals surface area (Å²) in [7, 11) is 0. The molecule has 1 heteroatoms. The van der Waals surface area contributed by atoms with Crippen molar-refractivity contribution in [3.63, 3.8) is 0 Å². The molecule has 0 aliphatic heterocycles. The van der Waals surface area contributed by atoms with E-state index in [1.54, 1.807) is 0 Å². The van der Waals surface area contributed by atoms with E-state index in [9.17, 15) is 0 Å². The summed E-state index contributed by atoms with van der Waals surface area (Å²) >= 11 is 0. The summed E-state index contributed by atoms with van der Waals surface area (Å²) < 4.78 is 0. The lowest BCUT2D eigenvalue weighted by molar-refractivity contribution is 0.867. The standard InChI is InChI=1S/C15H19N/c1-5-14-7-6-12-9-13(10(2)3)8-11(4)15(12)16-14/h6-10H,5H2,1-4H3. The van der Waals surface area contributed by atoms with Crippen molar-refractivity contribution in [1.82, 2.24) is 4.98 Å². The van der Waals surface area contributed by atoms with E-state index in [1.807, 2.05) is 0 Å². The highest BCUT2D eigenvalue weighted by Crippen LogP contribution is 2.24. The Morgan fingerprint density at radius 1 is 1.19 bits per heavy atom. The number of pyridine rings is 1. The molecule has 0 amide bonds. The number of aromatic nitrogens is 1. The molecule has 1 aromatic carbocycles. The highest BCUT2D eigenvalue weighted by atomic mass is 14.7. The lowest BCUT2D eigenvalue weighted by Crippen LogP contribution is -1.94. The summed E-state index contributed by atoms with van der Waals surface area (Å²) in [6.45, 7) is 8.76. The maximum absolute atomic E-state index is 4.69. The van der Waals surface area contributed by atoms with Crippen molar-refractivity contribution in [2.24, 2.45) is 0 Å². The molecule has 1 heterocycles. The van der Waals surface area contributed by atoms with E-state index < -0.39 is 0 Å². The third kappa shape index (κ3) is 1.95. The number of benzene rings is 1. The van der Waals surface area contributed by atoms with Crippen molar-refractivity contribution in [2.45, 2.75) is 40.0 Å². The van der Waals surface area contributed by atoms with Crippen molar-refractivity contribution in [3.05, 3.63) is 41.1 Å². The van der Waals surface area contributed by atoms with Crippen molar-refractivity contribution >= 4 is 10.9 Å². The second-order valence-corrected chi connectivity index (χ2v) is 4.72. The molecule has 1 nitrogen and oxygen atoms in total. The fourth-order valence-electron chi connectivity index (χ4n) is 2.01. The first-order valence-corrected chi connectivity index (χ1v) is 6.02. The van der Waals surface area contributed by atoms with E-state index in [1.165, 1.54) is 22.2 Å². The molecule has 0 fully saturated rings. The van der Waals surface area contributed by atoms with E-state index in [-0.39, 0.29) is 0 Å². The summed E-state index contributed by atoms with van der Waals surface area (Å²) in [6, 6.07) is 8.85. The maximum atomic E-state index is 4.69. The van der Waals surface area contributed by atoms with Crippen LogP contribution in [0.1, 0.15) is 43.5 Å². The van der Waals surface area contributed by atoms with Gasteiger partial charge in [-0.25, -0.2) is 0 Å². The van der Waals surface area contributed by atoms with E-state index in [0.29, 0.717) is 5.92 Å². The second kappa shape index (κ2) is 4.25. The van der Waals surface area contributed by atoms with Crippen LogP contribution in [0.2, 0.25) is 0 Å². The number of hydrogen-bond donors (Lipinski definition) is 0. The second-order valence-electron chi connectivity index (χ2n) is 4.72. The van der Waals surface area contributed by atoms with Crippen LogP contribution in [0.25, 0.3) is 10.9 Å². The average molecular weight is 213 g/mol. The minimum absolute atomic E-state index is 0.578. The summed E-state index contributed by atoms with van der Waals surface area (Å²) in [5, 5.41) is 1.26. The van der Waals surface area contributed by atoms with Crippen LogP contribution in [0.15, 0.2) is 24.3 Å². The smallest absolute Gasteiger partial charge is 0.0734 e. The molecule has 16 heavy (non-hydrogen) atoms. The lowest BCUT2D eigenvalue weighted by Gasteiger charge is -2.10. The van der Waals surface area contributed by atoms with E-state index in [2.05, 4.69) is 52.0 Å². The van der Waals surface area contributed by atoms with Gasteiger partial charge in [0.15, 0.2) is 0 Å². The van der Waals surface area contributed by atoms with E-state index in [0.717, 1.165) is 11.9 Å². The summed E-state index contributed by atoms with van der Waals surface area (Å²) in [6.07, 6.45) is 1.00. The predicted octanol–water partition coefficient (Wildman–Crippen LogP) is 4.23. The largest absolute Gasteiger partial charge is 0.253 e. The zero-order valence-electron chi connectivity index (χ0n) is 10.5. The molecule has 84 valence electrons. The van der Waals surface area contributed by atoms with E-state index in [4.69, 9.17) is 4.98 Å². The number of nitrogens with zero attached hydrogens (tertiary/aromatic N) is 1. The first kappa shape index (κ1) is 11.1. The Bertz CT molecular complexity index is 512. The average Bonchev–Trinajstić information content (AvgIpc) is 2.28. The highest BCUT2D eigenvalue weighted by Gasteiger charge is 2.05. The van der Waals surface area contributed by atoms with Gasteiger partial charge < -0.3 is 0 Å². The molecule has 0 saturated carbocycles. The van der Waals surface area contributed by atoms with Crippen LogP contribution in [-0.4, -0.2) is 4.98 Å². The van der Waals surface area contributed by atoms with Gasteiger partial charge in [0.1, 0.15) is 0 Å². The van der Waals surface area contributed by atoms with Crippen LogP contribution in [0.3, 0.4) is 0 Å². The van der Waals surface area contributed by atoms with E-state index >= 15 is 0 Å². The van der Waals surface area contributed by atoms with Gasteiger partial charge in [-0.15, -0.1) is 0 Å². The normalized spacial score (nSPS) is 11.3. The molecule has 0 bridgehead atoms. The predicted molar refractivity (Wildman–Crippen MR) is 69.9 cm³/mol. The molecule has 2 aromatic rings. The van der Waals surface area contributed by atoms with Crippen molar-refractivity contribution in [2.75, 3.05) is 0 Å². The molecule has 0 N–H and O–H groups in total. The van der Waals surface area contributed by atoms with Gasteiger partial charge in [0.2, 0.25) is 0 Å². The topological polar surface area (TPSA) is 12.9 Å². The van der Waals surface area contributed by atoms with Crippen molar-refractivity contribution in [1.29, 1.82) is 0 Å². The van der Waals surface area contributed by atoms with Crippen LogP contribution in [0.4, 0.5) is 0 Å². The molecule has 0 atom stereocenters. The van der Waals surface area contributed by atoms with Gasteiger partial charge in [0.05, 0.1) is 5.52 Å². The Morgan fingerprint density at radius 2 is 1.94 bits per heavy atom. The Labute approximate surface area is 97.5 Å². The lowest BCUT2D eigenvalue weighted by atomic mass is 9.98. The molecule has 0 radical (unpaired) electrons. The zero-order valence-corrected chi connectivity index (χ0v) is 10.5. The number of aryl methyl sites for hydroxylation is 2. The molecule has 0 aliphatic carbocycles. The third-order valence-corrected chi connectivity index (χ3v) is 3.09. The maximum Gasteiger partial charge on any atom is 0.0734 e. The fraction of sp³-hybridized carbons (Fsp3) is 0.400. The van der Waals surface area contributed by atoms with Crippen molar-refractivity contribution < 1.29 is 0 Å². The van der Waals surface area contributed by atoms with Gasteiger partial charge in [0.25, 0.3) is 0 Å². The highest BCUT2D eigenvalue weighted by molar-refractivity contribution is 5.82. The van der Waals surface area contributed by atoms with Crippen LogP contribution >= 0.6 is 0 Å². The minimum Gasteiger partial charge on any atom is -0.253 e. The minimum atomic E-state index is 0.578. The number of hydrogen-bond acceptors (Lipinski definition) is 1.